The van der Waals surface area contributed by atoms with E-state index >= 15 is 0 Å². The molecule has 1 aliphatic heterocycles. The van der Waals surface area contributed by atoms with Crippen molar-refractivity contribution in [3.05, 3.63) is 48.0 Å². The number of carbonyl (C=O) groups is 1. The summed E-state index contributed by atoms with van der Waals surface area (Å²) in [6.07, 6.45) is -4.39. The molecule has 0 aliphatic carbocycles. The minimum atomic E-state index is -4.39. The predicted molar refractivity (Wildman–Crippen MR) is 102 cm³/mol. The highest BCUT2D eigenvalue weighted by Crippen LogP contribution is 2.35. The van der Waals surface area contributed by atoms with Crippen molar-refractivity contribution in [1.29, 1.82) is 0 Å². The standard InChI is InChI=1S/C19H16F3N3O2S/c1-27-14-6-7-15-16(8-14)28-18(24-15)25-9-11(10-25)17(26)23-13-4-2-12(3-5-13)19(20,21)22/h2-8,11H,9-10H2,1H3,(H,23,26). The summed E-state index contributed by atoms with van der Waals surface area (Å²) in [5.41, 5.74) is 0.481. The molecule has 28 heavy (non-hydrogen) atoms. The molecule has 9 heteroatoms. The number of aromatic nitrogens is 1. The minimum Gasteiger partial charge on any atom is -0.497 e. The Morgan fingerprint density at radius 3 is 2.57 bits per heavy atom. The average Bonchev–Trinajstić information content (AvgIpc) is 3.02. The molecule has 0 radical (unpaired) electrons. The molecular formula is C19H16F3N3O2S. The molecule has 1 fully saturated rings. The largest absolute Gasteiger partial charge is 0.497 e. The van der Waals surface area contributed by atoms with Gasteiger partial charge in [-0.05, 0) is 42.5 Å². The second kappa shape index (κ2) is 6.97. The smallest absolute Gasteiger partial charge is 0.416 e. The monoisotopic (exact) mass is 407 g/mol. The SMILES string of the molecule is COc1ccc2nc(N3CC(C(=O)Nc4ccc(C(F)(F)F)cc4)C3)sc2c1. The molecule has 2 heterocycles. The van der Waals surface area contributed by atoms with E-state index < -0.39 is 11.7 Å². The molecule has 1 N–H and O–H groups in total. The fourth-order valence-corrected chi connectivity index (χ4v) is 3.95. The van der Waals surface area contributed by atoms with Crippen molar-refractivity contribution in [3.8, 4) is 5.75 Å². The number of hydrogen-bond acceptors (Lipinski definition) is 5. The van der Waals surface area contributed by atoms with E-state index in [0.29, 0.717) is 18.8 Å². The lowest BCUT2D eigenvalue weighted by molar-refractivity contribution is -0.137. The number of benzene rings is 2. The van der Waals surface area contributed by atoms with Crippen LogP contribution in [-0.2, 0) is 11.0 Å². The van der Waals surface area contributed by atoms with Crippen LogP contribution in [-0.4, -0.2) is 31.1 Å². The topological polar surface area (TPSA) is 54.5 Å². The molecule has 0 saturated carbocycles. The highest BCUT2D eigenvalue weighted by molar-refractivity contribution is 7.22. The first-order valence-electron chi connectivity index (χ1n) is 8.51. The maximum atomic E-state index is 12.6. The number of halogens is 3. The molecule has 1 aromatic heterocycles. The number of anilines is 2. The zero-order valence-corrected chi connectivity index (χ0v) is 15.6. The number of rotatable bonds is 4. The van der Waals surface area contributed by atoms with Crippen molar-refractivity contribution in [2.24, 2.45) is 5.92 Å². The lowest BCUT2D eigenvalue weighted by Crippen LogP contribution is -2.52. The number of hydrogen-bond donors (Lipinski definition) is 1. The van der Waals surface area contributed by atoms with Crippen LogP contribution in [0.5, 0.6) is 5.75 Å². The Kier molecular flexibility index (Phi) is 4.62. The van der Waals surface area contributed by atoms with Crippen LogP contribution in [0.3, 0.4) is 0 Å². The quantitative estimate of drug-likeness (QED) is 0.697. The van der Waals surface area contributed by atoms with Crippen molar-refractivity contribution >= 4 is 38.3 Å². The molecule has 0 bridgehead atoms. The molecule has 5 nitrogen and oxygen atoms in total. The van der Waals surface area contributed by atoms with E-state index in [4.69, 9.17) is 4.74 Å². The van der Waals surface area contributed by atoms with Gasteiger partial charge in [-0.3, -0.25) is 4.79 Å². The van der Waals surface area contributed by atoms with Gasteiger partial charge in [-0.15, -0.1) is 0 Å². The molecule has 0 spiro atoms. The van der Waals surface area contributed by atoms with Gasteiger partial charge in [-0.1, -0.05) is 11.3 Å². The third-order valence-corrected chi connectivity index (χ3v) is 5.67. The fraction of sp³-hybridized carbons (Fsp3) is 0.263. The van der Waals surface area contributed by atoms with Crippen LogP contribution in [0, 0.1) is 5.92 Å². The second-order valence-electron chi connectivity index (χ2n) is 6.50. The Morgan fingerprint density at radius 2 is 1.93 bits per heavy atom. The van der Waals surface area contributed by atoms with E-state index in [0.717, 1.165) is 33.2 Å². The van der Waals surface area contributed by atoms with E-state index in [2.05, 4.69) is 10.3 Å². The van der Waals surface area contributed by atoms with Gasteiger partial charge in [0, 0.05) is 18.8 Å². The number of fused-ring (bicyclic) bond motifs is 1. The number of carbonyl (C=O) groups excluding carboxylic acids is 1. The lowest BCUT2D eigenvalue weighted by atomic mass is 10.00. The van der Waals surface area contributed by atoms with E-state index in [-0.39, 0.29) is 11.8 Å². The first-order valence-corrected chi connectivity index (χ1v) is 9.33. The zero-order chi connectivity index (χ0) is 19.9. The number of ether oxygens (including phenoxy) is 1. The first-order chi connectivity index (χ1) is 13.3. The molecule has 0 atom stereocenters. The van der Waals surface area contributed by atoms with Gasteiger partial charge in [0.15, 0.2) is 5.13 Å². The first kappa shape index (κ1) is 18.5. The van der Waals surface area contributed by atoms with Gasteiger partial charge < -0.3 is 15.0 Å². The zero-order valence-electron chi connectivity index (χ0n) is 14.8. The summed E-state index contributed by atoms with van der Waals surface area (Å²) in [4.78, 5) is 18.9. The third kappa shape index (κ3) is 3.62. The lowest BCUT2D eigenvalue weighted by Gasteiger charge is -2.37. The normalized spacial score (nSPS) is 14.8. The van der Waals surface area contributed by atoms with Crippen molar-refractivity contribution in [1.82, 2.24) is 4.98 Å². The second-order valence-corrected chi connectivity index (χ2v) is 7.51. The van der Waals surface area contributed by atoms with Crippen LogP contribution >= 0.6 is 11.3 Å². The molecule has 1 aliphatic rings. The summed E-state index contributed by atoms with van der Waals surface area (Å²) in [5.74, 6) is 0.322. The Bertz CT molecular complexity index is 1010. The van der Waals surface area contributed by atoms with E-state index in [1.165, 1.54) is 23.5 Å². The summed E-state index contributed by atoms with van der Waals surface area (Å²) in [6, 6.07) is 10.1. The van der Waals surface area contributed by atoms with Crippen LogP contribution < -0.4 is 15.0 Å². The van der Waals surface area contributed by atoms with Crippen molar-refractivity contribution in [2.45, 2.75) is 6.18 Å². The summed E-state index contributed by atoms with van der Waals surface area (Å²) in [7, 11) is 1.61. The number of nitrogens with zero attached hydrogens (tertiary/aromatic N) is 2. The molecule has 2 aromatic carbocycles. The third-order valence-electron chi connectivity index (χ3n) is 4.59. The van der Waals surface area contributed by atoms with Crippen molar-refractivity contribution in [3.63, 3.8) is 0 Å². The Hall–Kier alpha value is -2.81. The molecule has 1 amide bonds. The van der Waals surface area contributed by atoms with Crippen LogP contribution in [0.4, 0.5) is 24.0 Å². The van der Waals surface area contributed by atoms with E-state index in [1.54, 1.807) is 7.11 Å². The van der Waals surface area contributed by atoms with Crippen molar-refractivity contribution in [2.75, 3.05) is 30.4 Å². The molecule has 1 saturated heterocycles. The Labute approximate surface area is 162 Å². The van der Waals surface area contributed by atoms with Crippen LogP contribution in [0.15, 0.2) is 42.5 Å². The fourth-order valence-electron chi connectivity index (χ4n) is 2.94. The van der Waals surface area contributed by atoms with Gasteiger partial charge >= 0.3 is 6.18 Å². The molecule has 4 rings (SSSR count). The van der Waals surface area contributed by atoms with Crippen LogP contribution in [0.25, 0.3) is 10.2 Å². The highest BCUT2D eigenvalue weighted by Gasteiger charge is 2.35. The average molecular weight is 407 g/mol. The van der Waals surface area contributed by atoms with E-state index in [9.17, 15) is 18.0 Å². The molecular weight excluding hydrogens is 391 g/mol. The van der Waals surface area contributed by atoms with Crippen LogP contribution in [0.2, 0.25) is 0 Å². The summed E-state index contributed by atoms with van der Waals surface area (Å²) in [5, 5.41) is 3.50. The predicted octanol–water partition coefficient (Wildman–Crippen LogP) is 4.40. The van der Waals surface area contributed by atoms with Gasteiger partial charge in [-0.25, -0.2) is 4.98 Å². The Balaban J connectivity index is 1.36. The molecule has 3 aromatic rings. The van der Waals surface area contributed by atoms with Gasteiger partial charge in [0.25, 0.3) is 0 Å². The maximum Gasteiger partial charge on any atom is 0.416 e. The van der Waals surface area contributed by atoms with Gasteiger partial charge in [0.2, 0.25) is 5.91 Å². The number of alkyl halides is 3. The number of thiazole rings is 1. The minimum absolute atomic E-state index is 0.209. The van der Waals surface area contributed by atoms with Gasteiger partial charge in [-0.2, -0.15) is 13.2 Å². The number of amides is 1. The highest BCUT2D eigenvalue weighted by atomic mass is 32.1. The molecule has 146 valence electrons. The Morgan fingerprint density at radius 1 is 1.21 bits per heavy atom. The van der Waals surface area contributed by atoms with Crippen LogP contribution in [0.1, 0.15) is 5.56 Å². The number of methoxy groups -OCH3 is 1. The van der Waals surface area contributed by atoms with E-state index in [1.807, 2.05) is 23.1 Å². The molecule has 0 unspecified atom stereocenters. The van der Waals surface area contributed by atoms with Crippen molar-refractivity contribution < 1.29 is 22.7 Å². The van der Waals surface area contributed by atoms with Gasteiger partial charge in [0.05, 0.1) is 28.8 Å². The van der Waals surface area contributed by atoms with Gasteiger partial charge in [0.1, 0.15) is 5.75 Å². The summed E-state index contributed by atoms with van der Waals surface area (Å²) in [6.45, 7) is 1.03. The maximum absolute atomic E-state index is 12.6. The number of nitrogens with one attached hydrogen (secondary N) is 1. The summed E-state index contributed by atoms with van der Waals surface area (Å²) < 4.78 is 44.0. The summed E-state index contributed by atoms with van der Waals surface area (Å²) >= 11 is 1.53.